The van der Waals surface area contributed by atoms with E-state index in [1.54, 1.807) is 13.2 Å². The molecule has 0 heterocycles. The predicted octanol–water partition coefficient (Wildman–Crippen LogP) is 3.56. The number of halogens is 3. The Morgan fingerprint density at radius 1 is 1.24 bits per heavy atom. The van der Waals surface area contributed by atoms with E-state index in [1.807, 2.05) is 0 Å². The first-order chi connectivity index (χ1) is 9.93. The smallest absolute Gasteiger partial charge is 0.376 e. The van der Waals surface area contributed by atoms with Crippen LogP contribution in [-0.2, 0) is 10.9 Å². The standard InChI is InChI=1S/C15H21F3N2O/c1-21-14(8-3-2-4-9-14)13(20-19)11-6-5-7-12(10-11)15(16,17)18/h5-7,10,13,20H,2-4,8-9,19H2,1H3. The molecule has 0 aromatic heterocycles. The molecule has 1 aromatic rings. The van der Waals surface area contributed by atoms with Crippen molar-refractivity contribution in [3.05, 3.63) is 35.4 Å². The van der Waals surface area contributed by atoms with Gasteiger partial charge in [0.15, 0.2) is 0 Å². The minimum Gasteiger partial charge on any atom is -0.376 e. The van der Waals surface area contributed by atoms with Gasteiger partial charge in [0.25, 0.3) is 0 Å². The van der Waals surface area contributed by atoms with Crippen molar-refractivity contribution in [1.29, 1.82) is 0 Å². The number of hydrogen-bond donors (Lipinski definition) is 2. The van der Waals surface area contributed by atoms with Crippen molar-refractivity contribution < 1.29 is 17.9 Å². The molecule has 1 fully saturated rings. The molecule has 1 atom stereocenters. The van der Waals surface area contributed by atoms with Crippen LogP contribution in [0.1, 0.15) is 49.3 Å². The lowest BCUT2D eigenvalue weighted by atomic mass is 9.76. The lowest BCUT2D eigenvalue weighted by Crippen LogP contribution is -2.49. The van der Waals surface area contributed by atoms with E-state index in [0.717, 1.165) is 44.2 Å². The highest BCUT2D eigenvalue weighted by molar-refractivity contribution is 5.30. The van der Waals surface area contributed by atoms with Crippen LogP contribution in [0.3, 0.4) is 0 Å². The molecule has 0 spiro atoms. The Labute approximate surface area is 122 Å². The van der Waals surface area contributed by atoms with Crippen molar-refractivity contribution in [2.75, 3.05) is 7.11 Å². The summed E-state index contributed by atoms with van der Waals surface area (Å²) in [6.45, 7) is 0. The summed E-state index contributed by atoms with van der Waals surface area (Å²) in [6.07, 6.45) is 0.312. The summed E-state index contributed by atoms with van der Waals surface area (Å²) in [5.41, 5.74) is 1.97. The highest BCUT2D eigenvalue weighted by Crippen LogP contribution is 2.41. The average molecular weight is 302 g/mol. The Morgan fingerprint density at radius 2 is 1.90 bits per heavy atom. The van der Waals surface area contributed by atoms with Gasteiger partial charge < -0.3 is 4.74 Å². The van der Waals surface area contributed by atoms with Crippen LogP contribution in [-0.4, -0.2) is 12.7 Å². The van der Waals surface area contributed by atoms with E-state index in [2.05, 4.69) is 5.43 Å². The van der Waals surface area contributed by atoms with Crippen LogP contribution >= 0.6 is 0 Å². The second-order valence-electron chi connectivity index (χ2n) is 5.55. The Bertz CT molecular complexity index is 470. The van der Waals surface area contributed by atoms with Crippen molar-refractivity contribution in [2.24, 2.45) is 5.84 Å². The molecule has 3 nitrogen and oxygen atoms in total. The highest BCUT2D eigenvalue weighted by atomic mass is 19.4. The molecule has 6 heteroatoms. The van der Waals surface area contributed by atoms with Gasteiger partial charge >= 0.3 is 6.18 Å². The molecule has 0 aliphatic heterocycles. The van der Waals surface area contributed by atoms with E-state index in [9.17, 15) is 13.2 Å². The number of nitrogens with two attached hydrogens (primary N) is 1. The number of hydrazine groups is 1. The Hall–Kier alpha value is -1.11. The number of benzene rings is 1. The van der Waals surface area contributed by atoms with Crippen LogP contribution in [0.25, 0.3) is 0 Å². The Kier molecular flexibility index (Phi) is 4.91. The van der Waals surface area contributed by atoms with Gasteiger partial charge in [-0.2, -0.15) is 13.2 Å². The number of alkyl halides is 3. The third kappa shape index (κ3) is 3.39. The maximum Gasteiger partial charge on any atom is 0.416 e. The summed E-state index contributed by atoms with van der Waals surface area (Å²) in [4.78, 5) is 0. The zero-order valence-electron chi connectivity index (χ0n) is 12.0. The summed E-state index contributed by atoms with van der Waals surface area (Å²) >= 11 is 0. The van der Waals surface area contributed by atoms with Crippen LogP contribution in [0.2, 0.25) is 0 Å². The van der Waals surface area contributed by atoms with Crippen molar-refractivity contribution in [3.8, 4) is 0 Å². The topological polar surface area (TPSA) is 47.3 Å². The summed E-state index contributed by atoms with van der Waals surface area (Å²) < 4.78 is 44.3. The molecule has 118 valence electrons. The van der Waals surface area contributed by atoms with Crippen LogP contribution in [0.5, 0.6) is 0 Å². The quantitative estimate of drug-likeness (QED) is 0.660. The first-order valence-corrected chi connectivity index (χ1v) is 7.11. The first kappa shape index (κ1) is 16.3. The first-order valence-electron chi connectivity index (χ1n) is 7.11. The summed E-state index contributed by atoms with van der Waals surface area (Å²) in [5.74, 6) is 5.64. The third-order valence-electron chi connectivity index (χ3n) is 4.35. The normalized spacial score (nSPS) is 20.2. The van der Waals surface area contributed by atoms with Gasteiger partial charge in [0, 0.05) is 7.11 Å². The second kappa shape index (κ2) is 6.34. The summed E-state index contributed by atoms with van der Waals surface area (Å²) in [7, 11) is 1.60. The molecule has 0 radical (unpaired) electrons. The van der Waals surface area contributed by atoms with Gasteiger partial charge in [-0.05, 0) is 30.5 Å². The zero-order chi connectivity index (χ0) is 15.5. The van der Waals surface area contributed by atoms with Crippen LogP contribution in [0.15, 0.2) is 24.3 Å². The number of rotatable bonds is 4. The van der Waals surface area contributed by atoms with Crippen LogP contribution < -0.4 is 11.3 Å². The van der Waals surface area contributed by atoms with Crippen molar-refractivity contribution in [2.45, 2.75) is 49.9 Å². The average Bonchev–Trinajstić information content (AvgIpc) is 2.48. The van der Waals surface area contributed by atoms with Crippen LogP contribution in [0, 0.1) is 0 Å². The van der Waals surface area contributed by atoms with E-state index in [1.165, 1.54) is 6.07 Å². The highest BCUT2D eigenvalue weighted by Gasteiger charge is 2.41. The Morgan fingerprint density at radius 3 is 2.43 bits per heavy atom. The fourth-order valence-electron chi connectivity index (χ4n) is 3.21. The second-order valence-corrected chi connectivity index (χ2v) is 5.55. The number of hydrogen-bond acceptors (Lipinski definition) is 3. The minimum absolute atomic E-state index is 0.454. The molecule has 21 heavy (non-hydrogen) atoms. The van der Waals surface area contributed by atoms with E-state index in [0.29, 0.717) is 5.56 Å². The molecule has 0 bridgehead atoms. The minimum atomic E-state index is -4.36. The monoisotopic (exact) mass is 302 g/mol. The number of ether oxygens (including phenoxy) is 1. The maximum atomic E-state index is 12.9. The van der Waals surface area contributed by atoms with Gasteiger partial charge in [-0.15, -0.1) is 0 Å². The molecular formula is C15H21F3N2O. The van der Waals surface area contributed by atoms with Gasteiger partial charge in [0.2, 0.25) is 0 Å². The molecule has 1 saturated carbocycles. The van der Waals surface area contributed by atoms with Crippen molar-refractivity contribution in [1.82, 2.24) is 5.43 Å². The number of methoxy groups -OCH3 is 1. The van der Waals surface area contributed by atoms with Gasteiger partial charge in [0.1, 0.15) is 0 Å². The molecule has 2 rings (SSSR count). The lowest BCUT2D eigenvalue weighted by molar-refractivity contribution is -0.137. The van der Waals surface area contributed by atoms with E-state index in [4.69, 9.17) is 10.6 Å². The predicted molar refractivity (Wildman–Crippen MR) is 74.3 cm³/mol. The molecule has 1 aliphatic rings. The number of nitrogens with one attached hydrogen (secondary N) is 1. The van der Waals surface area contributed by atoms with Crippen LogP contribution in [0.4, 0.5) is 13.2 Å². The van der Waals surface area contributed by atoms with E-state index in [-0.39, 0.29) is 0 Å². The van der Waals surface area contributed by atoms with Crippen molar-refractivity contribution >= 4 is 0 Å². The molecule has 0 amide bonds. The summed E-state index contributed by atoms with van der Waals surface area (Å²) in [6, 6.07) is 4.84. The van der Waals surface area contributed by atoms with Crippen molar-refractivity contribution in [3.63, 3.8) is 0 Å². The van der Waals surface area contributed by atoms with Gasteiger partial charge in [-0.1, -0.05) is 31.4 Å². The third-order valence-corrected chi connectivity index (χ3v) is 4.35. The molecule has 0 saturated heterocycles. The fourth-order valence-corrected chi connectivity index (χ4v) is 3.21. The van der Waals surface area contributed by atoms with Gasteiger partial charge in [-0.3, -0.25) is 11.3 Å². The fraction of sp³-hybridized carbons (Fsp3) is 0.600. The molecule has 1 unspecified atom stereocenters. The summed E-state index contributed by atoms with van der Waals surface area (Å²) in [5, 5.41) is 0. The maximum absolute atomic E-state index is 12.9. The van der Waals surface area contributed by atoms with E-state index >= 15 is 0 Å². The van der Waals surface area contributed by atoms with Gasteiger partial charge in [-0.25, -0.2) is 0 Å². The lowest BCUT2D eigenvalue weighted by Gasteiger charge is -2.42. The molecule has 1 aromatic carbocycles. The SMILES string of the molecule is COC1(C(NN)c2cccc(C(F)(F)F)c2)CCCCC1. The largest absolute Gasteiger partial charge is 0.416 e. The van der Waals surface area contributed by atoms with Gasteiger partial charge in [0.05, 0.1) is 17.2 Å². The molecule has 1 aliphatic carbocycles. The van der Waals surface area contributed by atoms with E-state index < -0.39 is 23.4 Å². The molecule has 3 N–H and O–H groups in total. The zero-order valence-corrected chi connectivity index (χ0v) is 12.0. The Balaban J connectivity index is 2.36. The molecular weight excluding hydrogens is 281 g/mol.